The zero-order chi connectivity index (χ0) is 10.5. The predicted octanol–water partition coefficient (Wildman–Crippen LogP) is 0.783. The lowest BCUT2D eigenvalue weighted by atomic mass is 10.0. The van der Waals surface area contributed by atoms with Crippen LogP contribution in [0.4, 0.5) is 0 Å². The van der Waals surface area contributed by atoms with Crippen molar-refractivity contribution in [1.29, 1.82) is 0 Å². The molecular formula is C8H13O4P. The van der Waals surface area contributed by atoms with Crippen molar-refractivity contribution in [2.45, 2.75) is 20.3 Å². The van der Waals surface area contributed by atoms with Gasteiger partial charge in [-0.05, 0) is 6.92 Å². The van der Waals surface area contributed by atoms with Crippen LogP contribution < -0.4 is 0 Å². The minimum atomic E-state index is -4.21. The molecule has 74 valence electrons. The van der Waals surface area contributed by atoms with Gasteiger partial charge < -0.3 is 9.79 Å². The predicted molar refractivity (Wildman–Crippen MR) is 49.1 cm³/mol. The van der Waals surface area contributed by atoms with Crippen LogP contribution in [-0.4, -0.2) is 21.7 Å². The highest BCUT2D eigenvalue weighted by atomic mass is 31.2. The fraction of sp³-hybridized carbons (Fsp3) is 0.625. The molecule has 0 fully saturated rings. The number of hydrogen-bond acceptors (Lipinski definition) is 2. The van der Waals surface area contributed by atoms with Crippen LogP contribution in [-0.2, 0) is 9.36 Å². The van der Waals surface area contributed by atoms with Crippen LogP contribution >= 0.6 is 7.60 Å². The molecule has 13 heavy (non-hydrogen) atoms. The number of rotatable bonds is 4. The molecule has 0 radical (unpaired) electrons. The summed E-state index contributed by atoms with van der Waals surface area (Å²) in [5, 5.41) is 0. The molecule has 2 N–H and O–H groups in total. The Balaban J connectivity index is 4.10. The van der Waals surface area contributed by atoms with E-state index in [0.29, 0.717) is 6.42 Å². The van der Waals surface area contributed by atoms with Gasteiger partial charge in [-0.2, -0.15) is 0 Å². The molecule has 0 bridgehead atoms. The van der Waals surface area contributed by atoms with Crippen LogP contribution in [0.5, 0.6) is 0 Å². The van der Waals surface area contributed by atoms with Gasteiger partial charge in [0.2, 0.25) is 0 Å². The van der Waals surface area contributed by atoms with Crippen molar-refractivity contribution in [2.75, 3.05) is 6.16 Å². The van der Waals surface area contributed by atoms with Crippen molar-refractivity contribution in [3.63, 3.8) is 0 Å². The fourth-order valence-electron chi connectivity index (χ4n) is 0.728. The Kier molecular flexibility index (Phi) is 4.94. The van der Waals surface area contributed by atoms with Crippen molar-refractivity contribution in [3.05, 3.63) is 0 Å². The average molecular weight is 204 g/mol. The molecule has 0 aromatic rings. The number of carbonyl (C=O) groups excluding carboxylic acids is 1. The fourth-order valence-corrected chi connectivity index (χ4v) is 1.45. The maximum Gasteiger partial charge on any atom is 0.332 e. The second-order valence-corrected chi connectivity index (χ2v) is 4.47. The molecule has 0 aromatic carbocycles. The molecule has 0 amide bonds. The smallest absolute Gasteiger partial charge is 0.324 e. The van der Waals surface area contributed by atoms with Gasteiger partial charge in [0.25, 0.3) is 0 Å². The molecule has 0 aliphatic carbocycles. The topological polar surface area (TPSA) is 74.6 Å². The van der Waals surface area contributed by atoms with E-state index in [-0.39, 0.29) is 0 Å². The number of ketones is 1. The van der Waals surface area contributed by atoms with Crippen LogP contribution in [0.25, 0.3) is 0 Å². The second kappa shape index (κ2) is 5.18. The molecule has 0 unspecified atom stereocenters. The summed E-state index contributed by atoms with van der Waals surface area (Å²) in [4.78, 5) is 28.1. The lowest BCUT2D eigenvalue weighted by Gasteiger charge is -2.07. The molecule has 0 saturated carbocycles. The Labute approximate surface area is 77.5 Å². The molecule has 5 heteroatoms. The van der Waals surface area contributed by atoms with Gasteiger partial charge in [-0.25, -0.2) is 0 Å². The van der Waals surface area contributed by atoms with Crippen molar-refractivity contribution >= 4 is 13.4 Å². The van der Waals surface area contributed by atoms with E-state index in [4.69, 9.17) is 9.79 Å². The lowest BCUT2D eigenvalue weighted by Crippen LogP contribution is -2.14. The van der Waals surface area contributed by atoms with E-state index in [1.54, 1.807) is 13.8 Å². The molecule has 0 aliphatic heterocycles. The number of Topliss-reactive ketones (excluding diaryl/α,β-unsaturated/α-hetero) is 1. The van der Waals surface area contributed by atoms with Crippen molar-refractivity contribution < 1.29 is 19.1 Å². The maximum atomic E-state index is 11.1. The lowest BCUT2D eigenvalue weighted by molar-refractivity contribution is -0.119. The normalized spacial score (nSPS) is 12.9. The highest BCUT2D eigenvalue weighted by molar-refractivity contribution is 7.52. The van der Waals surface area contributed by atoms with E-state index in [9.17, 15) is 9.36 Å². The Morgan fingerprint density at radius 2 is 2.08 bits per heavy atom. The zero-order valence-corrected chi connectivity index (χ0v) is 8.54. The first-order valence-corrected chi connectivity index (χ1v) is 5.63. The van der Waals surface area contributed by atoms with E-state index in [1.807, 2.05) is 0 Å². The molecule has 1 atom stereocenters. The summed E-state index contributed by atoms with van der Waals surface area (Å²) in [5.41, 5.74) is 0. The highest BCUT2D eigenvalue weighted by Gasteiger charge is 2.22. The second-order valence-electron chi connectivity index (χ2n) is 2.82. The van der Waals surface area contributed by atoms with Gasteiger partial charge in [0.05, 0.1) is 0 Å². The maximum absolute atomic E-state index is 11.1. The highest BCUT2D eigenvalue weighted by Crippen LogP contribution is 2.34. The van der Waals surface area contributed by atoms with E-state index < -0.39 is 25.5 Å². The third-order valence-corrected chi connectivity index (χ3v) is 2.22. The third-order valence-electron chi connectivity index (χ3n) is 1.50. The molecule has 0 saturated heterocycles. The average Bonchev–Trinajstić information content (AvgIpc) is 1.96. The van der Waals surface area contributed by atoms with Gasteiger partial charge in [-0.1, -0.05) is 6.92 Å². The monoisotopic (exact) mass is 204 g/mol. The van der Waals surface area contributed by atoms with Gasteiger partial charge in [0.1, 0.15) is 11.9 Å². The molecular weight excluding hydrogens is 191 g/mol. The van der Waals surface area contributed by atoms with Crippen molar-refractivity contribution in [1.82, 2.24) is 0 Å². The Morgan fingerprint density at radius 3 is 2.46 bits per heavy atom. The first-order valence-electron chi connectivity index (χ1n) is 3.83. The number of carbonyl (C=O) groups is 1. The minimum absolute atomic E-state index is 0.356. The van der Waals surface area contributed by atoms with Crippen LogP contribution in [0.2, 0.25) is 0 Å². The molecule has 0 rings (SSSR count). The van der Waals surface area contributed by atoms with Gasteiger partial charge in [0.15, 0.2) is 0 Å². The molecule has 4 nitrogen and oxygen atoms in total. The van der Waals surface area contributed by atoms with Gasteiger partial charge in [-0.3, -0.25) is 9.36 Å². The molecule has 0 heterocycles. The molecule has 0 aromatic heterocycles. The van der Waals surface area contributed by atoms with Gasteiger partial charge in [0, 0.05) is 12.3 Å². The van der Waals surface area contributed by atoms with Crippen LogP contribution in [0, 0.1) is 17.8 Å². The summed E-state index contributed by atoms with van der Waals surface area (Å²) in [6.45, 7) is 3.27. The van der Waals surface area contributed by atoms with E-state index in [2.05, 4.69) is 11.8 Å². The first kappa shape index (κ1) is 12.4. The summed E-state index contributed by atoms with van der Waals surface area (Å²) < 4.78 is 10.5. The summed E-state index contributed by atoms with van der Waals surface area (Å²) in [6, 6.07) is 0. The molecule has 0 spiro atoms. The summed E-state index contributed by atoms with van der Waals surface area (Å²) >= 11 is 0. The standard InChI is InChI=1S/C8H13O4P/c1-3-4-5-7(2)8(9)6-13(10,11)12/h7H,5-6H2,1-2H3,(H2,10,11,12)/t7-/m0/s1. The Hall–Kier alpha value is -0.620. The minimum Gasteiger partial charge on any atom is -0.324 e. The summed E-state index contributed by atoms with van der Waals surface area (Å²) in [5.74, 6) is 4.47. The van der Waals surface area contributed by atoms with Crippen LogP contribution in [0.15, 0.2) is 0 Å². The largest absolute Gasteiger partial charge is 0.332 e. The van der Waals surface area contributed by atoms with Crippen LogP contribution in [0.1, 0.15) is 20.3 Å². The SMILES string of the molecule is CC#CC[C@H](C)C(=O)CP(=O)(O)O. The third kappa shape index (κ3) is 6.53. The first-order chi connectivity index (χ1) is 5.87. The van der Waals surface area contributed by atoms with Crippen molar-refractivity contribution in [3.8, 4) is 11.8 Å². The molecule has 0 aliphatic rings. The van der Waals surface area contributed by atoms with E-state index in [0.717, 1.165) is 0 Å². The number of hydrogen-bond donors (Lipinski definition) is 2. The Morgan fingerprint density at radius 1 is 1.54 bits per heavy atom. The zero-order valence-electron chi connectivity index (χ0n) is 7.65. The summed E-state index contributed by atoms with van der Waals surface area (Å²) in [7, 11) is -4.21. The van der Waals surface area contributed by atoms with Gasteiger partial charge >= 0.3 is 7.60 Å². The van der Waals surface area contributed by atoms with Crippen molar-refractivity contribution in [2.24, 2.45) is 5.92 Å². The Bertz CT molecular complexity index is 280. The quantitative estimate of drug-likeness (QED) is 0.524. The van der Waals surface area contributed by atoms with E-state index in [1.165, 1.54) is 0 Å². The van der Waals surface area contributed by atoms with E-state index >= 15 is 0 Å². The van der Waals surface area contributed by atoms with Crippen LogP contribution in [0.3, 0.4) is 0 Å². The van der Waals surface area contributed by atoms with Gasteiger partial charge in [-0.15, -0.1) is 11.8 Å². The summed E-state index contributed by atoms with van der Waals surface area (Å²) in [6.07, 6.45) is -0.325.